The quantitative estimate of drug-likeness (QED) is 0.801. The van der Waals surface area contributed by atoms with E-state index >= 15 is 0 Å². The SMILES string of the molecule is O=C(O)c1cccc(-c2ccn(-c3ccccc3F)n2)c1. The fraction of sp³-hybridized carbons (Fsp3) is 0. The molecule has 2 aromatic carbocycles. The summed E-state index contributed by atoms with van der Waals surface area (Å²) in [7, 11) is 0. The third kappa shape index (κ3) is 2.53. The van der Waals surface area contributed by atoms with Crippen LogP contribution in [0.2, 0.25) is 0 Å². The Morgan fingerprint density at radius 3 is 2.67 bits per heavy atom. The highest BCUT2D eigenvalue weighted by molar-refractivity contribution is 5.89. The predicted molar refractivity (Wildman–Crippen MR) is 75.9 cm³/mol. The Bertz CT molecular complexity index is 811. The first-order valence-electron chi connectivity index (χ1n) is 6.29. The lowest BCUT2D eigenvalue weighted by Gasteiger charge is -2.02. The molecular formula is C16H11FN2O2. The van der Waals surface area contributed by atoms with Crippen molar-refractivity contribution in [2.45, 2.75) is 0 Å². The van der Waals surface area contributed by atoms with E-state index in [9.17, 15) is 9.18 Å². The number of carboxylic acids is 1. The largest absolute Gasteiger partial charge is 0.478 e. The highest BCUT2D eigenvalue weighted by atomic mass is 19.1. The molecular weight excluding hydrogens is 271 g/mol. The van der Waals surface area contributed by atoms with Gasteiger partial charge in [0.15, 0.2) is 0 Å². The van der Waals surface area contributed by atoms with Gasteiger partial charge in [0.25, 0.3) is 0 Å². The lowest BCUT2D eigenvalue weighted by Crippen LogP contribution is -1.98. The van der Waals surface area contributed by atoms with Crippen LogP contribution in [-0.2, 0) is 0 Å². The standard InChI is InChI=1S/C16H11FN2O2/c17-13-6-1-2-7-15(13)19-9-8-14(18-19)11-4-3-5-12(10-11)16(20)21/h1-10H,(H,20,21). The van der Waals surface area contributed by atoms with E-state index < -0.39 is 5.97 Å². The van der Waals surface area contributed by atoms with Gasteiger partial charge in [-0.3, -0.25) is 0 Å². The van der Waals surface area contributed by atoms with E-state index in [1.807, 2.05) is 0 Å². The molecule has 3 rings (SSSR count). The van der Waals surface area contributed by atoms with Crippen LogP contribution in [0.4, 0.5) is 4.39 Å². The molecule has 0 amide bonds. The summed E-state index contributed by atoms with van der Waals surface area (Å²) in [5.41, 5.74) is 1.79. The van der Waals surface area contributed by atoms with Crippen molar-refractivity contribution in [3.05, 3.63) is 72.2 Å². The third-order valence-electron chi connectivity index (χ3n) is 3.09. The number of aromatic carboxylic acids is 1. The van der Waals surface area contributed by atoms with E-state index in [1.165, 1.54) is 22.9 Å². The molecule has 0 saturated heterocycles. The minimum atomic E-state index is -0.995. The van der Waals surface area contributed by atoms with E-state index in [0.29, 0.717) is 16.9 Å². The Morgan fingerprint density at radius 2 is 1.90 bits per heavy atom. The second-order valence-corrected chi connectivity index (χ2v) is 4.48. The number of rotatable bonds is 3. The number of hydrogen-bond acceptors (Lipinski definition) is 2. The first-order valence-corrected chi connectivity index (χ1v) is 6.29. The van der Waals surface area contributed by atoms with Gasteiger partial charge < -0.3 is 5.11 Å². The average molecular weight is 282 g/mol. The fourth-order valence-corrected chi connectivity index (χ4v) is 2.06. The van der Waals surface area contributed by atoms with Crippen LogP contribution in [0.1, 0.15) is 10.4 Å². The topological polar surface area (TPSA) is 55.1 Å². The third-order valence-corrected chi connectivity index (χ3v) is 3.09. The number of halogens is 1. The number of nitrogens with zero attached hydrogens (tertiary/aromatic N) is 2. The van der Waals surface area contributed by atoms with Crippen molar-refractivity contribution in [2.24, 2.45) is 0 Å². The zero-order valence-corrected chi connectivity index (χ0v) is 10.9. The van der Waals surface area contributed by atoms with Gasteiger partial charge in [0.2, 0.25) is 0 Å². The molecule has 104 valence electrons. The molecule has 0 atom stereocenters. The van der Waals surface area contributed by atoms with Crippen LogP contribution in [0.5, 0.6) is 0 Å². The summed E-state index contributed by atoms with van der Waals surface area (Å²) in [5, 5.41) is 13.3. The number of hydrogen-bond donors (Lipinski definition) is 1. The fourth-order valence-electron chi connectivity index (χ4n) is 2.06. The lowest BCUT2D eigenvalue weighted by molar-refractivity contribution is 0.0697. The first-order chi connectivity index (χ1) is 10.1. The number of carboxylic acid groups (broad SMARTS) is 1. The Labute approximate surface area is 120 Å². The van der Waals surface area contributed by atoms with Gasteiger partial charge in [-0.15, -0.1) is 0 Å². The van der Waals surface area contributed by atoms with E-state index in [0.717, 1.165) is 0 Å². The maximum atomic E-state index is 13.7. The molecule has 0 fully saturated rings. The summed E-state index contributed by atoms with van der Waals surface area (Å²) in [5.74, 6) is -1.36. The first kappa shape index (κ1) is 13.1. The number of aromatic nitrogens is 2. The van der Waals surface area contributed by atoms with Crippen LogP contribution < -0.4 is 0 Å². The van der Waals surface area contributed by atoms with Gasteiger partial charge in [-0.2, -0.15) is 5.10 Å². The Morgan fingerprint density at radius 1 is 1.10 bits per heavy atom. The summed E-state index contributed by atoms with van der Waals surface area (Å²) in [6, 6.07) is 14.5. The molecule has 3 aromatic rings. The van der Waals surface area contributed by atoms with Crippen LogP contribution in [0.15, 0.2) is 60.8 Å². The molecule has 0 aliphatic rings. The van der Waals surface area contributed by atoms with E-state index in [-0.39, 0.29) is 11.4 Å². The molecule has 1 heterocycles. The second kappa shape index (κ2) is 5.20. The molecule has 21 heavy (non-hydrogen) atoms. The van der Waals surface area contributed by atoms with Gasteiger partial charge >= 0.3 is 5.97 Å². The Balaban J connectivity index is 2.01. The number of para-hydroxylation sites is 1. The zero-order chi connectivity index (χ0) is 14.8. The summed E-state index contributed by atoms with van der Waals surface area (Å²) in [4.78, 5) is 11.0. The van der Waals surface area contributed by atoms with Crippen LogP contribution in [0, 0.1) is 5.82 Å². The van der Waals surface area contributed by atoms with E-state index in [4.69, 9.17) is 5.11 Å². The normalized spacial score (nSPS) is 10.5. The van der Waals surface area contributed by atoms with Gasteiger partial charge in [-0.25, -0.2) is 13.9 Å². The molecule has 0 unspecified atom stereocenters. The summed E-state index contributed by atoms with van der Waals surface area (Å²) < 4.78 is 15.1. The Kier molecular flexibility index (Phi) is 3.23. The second-order valence-electron chi connectivity index (χ2n) is 4.48. The highest BCUT2D eigenvalue weighted by Crippen LogP contribution is 2.20. The molecule has 0 saturated carbocycles. The molecule has 0 radical (unpaired) electrons. The van der Waals surface area contributed by atoms with Crippen molar-refractivity contribution < 1.29 is 14.3 Å². The molecule has 1 aromatic heterocycles. The van der Waals surface area contributed by atoms with Crippen LogP contribution in [-0.4, -0.2) is 20.9 Å². The van der Waals surface area contributed by atoms with Crippen molar-refractivity contribution in [3.8, 4) is 16.9 Å². The van der Waals surface area contributed by atoms with Crippen molar-refractivity contribution in [1.82, 2.24) is 9.78 Å². The van der Waals surface area contributed by atoms with Crippen molar-refractivity contribution in [3.63, 3.8) is 0 Å². The van der Waals surface area contributed by atoms with Gasteiger partial charge in [0, 0.05) is 11.8 Å². The summed E-state index contributed by atoms with van der Waals surface area (Å²) >= 11 is 0. The summed E-state index contributed by atoms with van der Waals surface area (Å²) in [6.07, 6.45) is 1.64. The smallest absolute Gasteiger partial charge is 0.335 e. The van der Waals surface area contributed by atoms with Crippen LogP contribution >= 0.6 is 0 Å². The number of carbonyl (C=O) groups is 1. The lowest BCUT2D eigenvalue weighted by atomic mass is 10.1. The van der Waals surface area contributed by atoms with Gasteiger partial charge in [0.05, 0.1) is 11.3 Å². The van der Waals surface area contributed by atoms with Gasteiger partial charge in [0.1, 0.15) is 11.5 Å². The molecule has 0 spiro atoms. The molecule has 0 aliphatic carbocycles. The van der Waals surface area contributed by atoms with Crippen molar-refractivity contribution >= 4 is 5.97 Å². The van der Waals surface area contributed by atoms with Crippen LogP contribution in [0.25, 0.3) is 16.9 Å². The maximum Gasteiger partial charge on any atom is 0.335 e. The number of benzene rings is 2. The predicted octanol–water partition coefficient (Wildman–Crippen LogP) is 3.38. The Hall–Kier alpha value is -2.95. The van der Waals surface area contributed by atoms with Gasteiger partial charge in [-0.1, -0.05) is 24.3 Å². The molecule has 0 aliphatic heterocycles. The van der Waals surface area contributed by atoms with E-state index in [2.05, 4.69) is 5.10 Å². The molecule has 4 nitrogen and oxygen atoms in total. The summed E-state index contributed by atoms with van der Waals surface area (Å²) in [6.45, 7) is 0. The van der Waals surface area contributed by atoms with Crippen molar-refractivity contribution in [1.29, 1.82) is 0 Å². The highest BCUT2D eigenvalue weighted by Gasteiger charge is 2.09. The van der Waals surface area contributed by atoms with Crippen molar-refractivity contribution in [2.75, 3.05) is 0 Å². The molecule has 1 N–H and O–H groups in total. The van der Waals surface area contributed by atoms with Crippen LogP contribution in [0.3, 0.4) is 0 Å². The average Bonchev–Trinajstić information content (AvgIpc) is 2.97. The monoisotopic (exact) mass is 282 g/mol. The minimum absolute atomic E-state index is 0.188. The van der Waals surface area contributed by atoms with E-state index in [1.54, 1.807) is 42.6 Å². The zero-order valence-electron chi connectivity index (χ0n) is 10.9. The minimum Gasteiger partial charge on any atom is -0.478 e. The molecule has 5 heteroatoms. The maximum absolute atomic E-state index is 13.7. The molecule has 0 bridgehead atoms. The van der Waals surface area contributed by atoms with Gasteiger partial charge in [-0.05, 0) is 30.3 Å².